The van der Waals surface area contributed by atoms with Gasteiger partial charge in [-0.15, -0.1) is 0 Å². The zero-order valence-electron chi connectivity index (χ0n) is 21.8. The average Bonchev–Trinajstić information content (AvgIpc) is 2.96. The first kappa shape index (κ1) is 28.9. The quantitative estimate of drug-likeness (QED) is 0.177. The third kappa shape index (κ3) is 6.18. The molecule has 1 fully saturated rings. The van der Waals surface area contributed by atoms with Crippen LogP contribution in [-0.4, -0.2) is 22.5 Å². The van der Waals surface area contributed by atoms with E-state index in [1.54, 1.807) is 36.5 Å². The summed E-state index contributed by atoms with van der Waals surface area (Å²) >= 11 is 22.7. The van der Waals surface area contributed by atoms with Gasteiger partial charge in [-0.05, 0) is 66.0 Å². The Bertz CT molecular complexity index is 1630. The lowest BCUT2D eigenvalue weighted by molar-refractivity contribution is 0.269. The van der Waals surface area contributed by atoms with Crippen molar-refractivity contribution in [1.82, 2.24) is 9.66 Å². The maximum atomic E-state index is 13.6. The van der Waals surface area contributed by atoms with E-state index in [1.165, 1.54) is 11.1 Å². The van der Waals surface area contributed by atoms with E-state index in [0.717, 1.165) is 31.2 Å². The highest BCUT2D eigenvalue weighted by Crippen LogP contribution is 2.43. The minimum absolute atomic E-state index is 0.165. The first-order valence-electron chi connectivity index (χ1n) is 13.1. The topological polar surface area (TPSA) is 65.7 Å². The molecule has 0 radical (unpaired) electrons. The van der Waals surface area contributed by atoms with E-state index >= 15 is 0 Å². The van der Waals surface area contributed by atoms with Gasteiger partial charge < -0.3 is 9.47 Å². The van der Waals surface area contributed by atoms with Gasteiger partial charge >= 0.3 is 0 Å². The van der Waals surface area contributed by atoms with Crippen LogP contribution in [0.3, 0.4) is 0 Å². The van der Waals surface area contributed by atoms with Crippen LogP contribution in [0.1, 0.15) is 61.9 Å². The highest BCUT2D eigenvalue weighted by Gasteiger charge is 2.23. The Hall–Kier alpha value is -2.58. The molecule has 6 nitrogen and oxygen atoms in total. The monoisotopic (exact) mass is 661 g/mol. The van der Waals surface area contributed by atoms with Gasteiger partial charge in [-0.3, -0.25) is 4.79 Å². The number of para-hydroxylation sites is 1. The van der Waals surface area contributed by atoms with E-state index in [4.69, 9.17) is 49.3 Å². The molecule has 0 saturated heterocycles. The molecule has 0 atom stereocenters. The summed E-state index contributed by atoms with van der Waals surface area (Å²) < 4.78 is 13.9. The van der Waals surface area contributed by atoms with Crippen molar-refractivity contribution < 1.29 is 9.47 Å². The Morgan fingerprint density at radius 3 is 2.60 bits per heavy atom. The van der Waals surface area contributed by atoms with Crippen molar-refractivity contribution >= 4 is 67.9 Å². The Morgan fingerprint density at radius 1 is 1.07 bits per heavy atom. The van der Waals surface area contributed by atoms with Crippen LogP contribution >= 0.6 is 50.7 Å². The SMILES string of the molecule is CCOc1cc(C=Nn2c(C3CCCCC3)nc3ccccc3c2=O)c(Br)c(Cl)c1OCc1ccc(Cl)cc1Cl. The highest BCUT2D eigenvalue weighted by atomic mass is 79.9. The number of benzene rings is 3. The van der Waals surface area contributed by atoms with Crippen molar-refractivity contribution in [2.75, 3.05) is 6.61 Å². The van der Waals surface area contributed by atoms with E-state index in [-0.39, 0.29) is 18.1 Å². The molecule has 1 aliphatic carbocycles. The molecule has 0 bridgehead atoms. The molecule has 0 N–H and O–H groups in total. The van der Waals surface area contributed by atoms with Crippen LogP contribution in [0.2, 0.25) is 15.1 Å². The standard InChI is InChI=1S/C30H27BrCl3N3O3/c1-2-39-25-14-20(26(31)27(34)28(25)40-17-19-12-13-21(32)15-23(19)33)16-35-37-29(18-8-4-3-5-9-18)36-24-11-7-6-10-22(24)30(37)38/h6-7,10-16,18H,2-5,8-9,17H2,1H3. The van der Waals surface area contributed by atoms with Gasteiger partial charge in [-0.2, -0.15) is 9.78 Å². The summed E-state index contributed by atoms with van der Waals surface area (Å²) in [7, 11) is 0. The van der Waals surface area contributed by atoms with E-state index in [2.05, 4.69) is 21.0 Å². The van der Waals surface area contributed by atoms with Crippen LogP contribution < -0.4 is 15.0 Å². The molecular weight excluding hydrogens is 637 g/mol. The fraction of sp³-hybridized carbons (Fsp3) is 0.300. The molecule has 3 aromatic carbocycles. The molecular formula is C30H27BrCl3N3O3. The van der Waals surface area contributed by atoms with Crippen LogP contribution in [-0.2, 0) is 6.61 Å². The number of halogens is 4. The fourth-order valence-corrected chi connectivity index (χ4v) is 6.00. The van der Waals surface area contributed by atoms with Crippen LogP contribution in [0.15, 0.2) is 62.9 Å². The molecule has 1 aliphatic rings. The van der Waals surface area contributed by atoms with Gasteiger partial charge in [0.1, 0.15) is 17.5 Å². The molecule has 4 aromatic rings. The van der Waals surface area contributed by atoms with Crippen LogP contribution in [0.25, 0.3) is 10.9 Å². The van der Waals surface area contributed by atoms with Gasteiger partial charge in [0.25, 0.3) is 5.56 Å². The highest BCUT2D eigenvalue weighted by molar-refractivity contribution is 9.10. The molecule has 0 amide bonds. The second-order valence-electron chi connectivity index (χ2n) is 9.56. The number of nitrogens with zero attached hydrogens (tertiary/aromatic N) is 3. The Kier molecular flexibility index (Phi) is 9.36. The van der Waals surface area contributed by atoms with Crippen molar-refractivity contribution in [1.29, 1.82) is 0 Å². The number of fused-ring (bicyclic) bond motifs is 1. The minimum Gasteiger partial charge on any atom is -0.490 e. The summed E-state index contributed by atoms with van der Waals surface area (Å²) in [6, 6.07) is 14.4. The summed E-state index contributed by atoms with van der Waals surface area (Å²) in [6.07, 6.45) is 6.98. The van der Waals surface area contributed by atoms with Gasteiger partial charge in [0.05, 0.1) is 23.7 Å². The number of hydrogen-bond acceptors (Lipinski definition) is 5. The number of hydrogen-bond donors (Lipinski definition) is 0. The third-order valence-corrected chi connectivity index (χ3v) is 8.93. The second kappa shape index (κ2) is 12.9. The predicted octanol–water partition coefficient (Wildman–Crippen LogP) is 9.03. The van der Waals surface area contributed by atoms with Crippen molar-refractivity contribution in [3.05, 3.63) is 95.4 Å². The summed E-state index contributed by atoms with van der Waals surface area (Å²) in [5.41, 5.74) is 1.86. The van der Waals surface area contributed by atoms with Crippen LogP contribution in [0.5, 0.6) is 11.5 Å². The van der Waals surface area contributed by atoms with Crippen LogP contribution in [0.4, 0.5) is 0 Å². The Morgan fingerprint density at radius 2 is 1.85 bits per heavy atom. The molecule has 1 aromatic heterocycles. The molecule has 1 heterocycles. The zero-order valence-corrected chi connectivity index (χ0v) is 25.7. The molecule has 10 heteroatoms. The average molecular weight is 664 g/mol. The van der Waals surface area contributed by atoms with Gasteiger partial charge in [-0.1, -0.05) is 72.3 Å². The van der Waals surface area contributed by atoms with E-state index in [1.807, 2.05) is 25.1 Å². The molecule has 5 rings (SSSR count). The molecule has 1 saturated carbocycles. The third-order valence-electron chi connectivity index (χ3n) is 6.90. The number of rotatable bonds is 8. The van der Waals surface area contributed by atoms with E-state index in [9.17, 15) is 4.79 Å². The van der Waals surface area contributed by atoms with Crippen molar-refractivity contribution in [2.45, 2.75) is 51.6 Å². The van der Waals surface area contributed by atoms with Crippen molar-refractivity contribution in [2.24, 2.45) is 5.10 Å². The first-order chi connectivity index (χ1) is 19.4. The van der Waals surface area contributed by atoms with Crippen LogP contribution in [0, 0.1) is 0 Å². The smallest absolute Gasteiger partial charge is 0.282 e. The summed E-state index contributed by atoms with van der Waals surface area (Å²) in [5.74, 6) is 1.67. The second-order valence-corrected chi connectivity index (χ2v) is 11.6. The van der Waals surface area contributed by atoms with E-state index < -0.39 is 0 Å². The molecule has 0 aliphatic heterocycles. The van der Waals surface area contributed by atoms with Gasteiger partial charge in [0.2, 0.25) is 0 Å². The molecule has 208 valence electrons. The number of aromatic nitrogens is 2. The maximum Gasteiger partial charge on any atom is 0.282 e. The Labute approximate surface area is 256 Å². The summed E-state index contributed by atoms with van der Waals surface area (Å²) in [6.45, 7) is 2.44. The van der Waals surface area contributed by atoms with Gasteiger partial charge in [-0.25, -0.2) is 4.98 Å². The Balaban J connectivity index is 1.53. The summed E-state index contributed by atoms with van der Waals surface area (Å²) in [4.78, 5) is 18.5. The number of ether oxygens (including phenoxy) is 2. The molecule has 0 unspecified atom stereocenters. The van der Waals surface area contributed by atoms with Gasteiger partial charge in [0, 0.05) is 31.6 Å². The van der Waals surface area contributed by atoms with Crippen molar-refractivity contribution in [3.8, 4) is 11.5 Å². The molecule has 0 spiro atoms. The molecule has 40 heavy (non-hydrogen) atoms. The maximum absolute atomic E-state index is 13.6. The predicted molar refractivity (Wildman–Crippen MR) is 166 cm³/mol. The fourth-order valence-electron chi connectivity index (χ4n) is 4.88. The zero-order chi connectivity index (χ0) is 28.2. The largest absolute Gasteiger partial charge is 0.490 e. The first-order valence-corrected chi connectivity index (χ1v) is 15.1. The summed E-state index contributed by atoms with van der Waals surface area (Å²) in [5, 5.41) is 6.52. The van der Waals surface area contributed by atoms with Gasteiger partial charge in [0.15, 0.2) is 11.5 Å². The lowest BCUT2D eigenvalue weighted by Crippen LogP contribution is -2.25. The lowest BCUT2D eigenvalue weighted by Gasteiger charge is -2.22. The minimum atomic E-state index is -0.200. The van der Waals surface area contributed by atoms with E-state index in [0.29, 0.717) is 59.9 Å². The lowest BCUT2D eigenvalue weighted by atomic mass is 9.88. The normalized spacial score (nSPS) is 14.2. The van der Waals surface area contributed by atoms with Crippen molar-refractivity contribution in [3.63, 3.8) is 0 Å².